The van der Waals surface area contributed by atoms with E-state index in [0.29, 0.717) is 11.3 Å². The second-order valence-corrected chi connectivity index (χ2v) is 4.18. The van der Waals surface area contributed by atoms with Gasteiger partial charge in [0.1, 0.15) is 6.10 Å². The van der Waals surface area contributed by atoms with E-state index in [1.54, 1.807) is 24.3 Å². The van der Waals surface area contributed by atoms with E-state index in [1.165, 1.54) is 6.92 Å². The Labute approximate surface area is 95.9 Å². The molecule has 0 heterocycles. The summed E-state index contributed by atoms with van der Waals surface area (Å²) in [6.45, 7) is 1.23. The van der Waals surface area contributed by atoms with Gasteiger partial charge in [-0.1, -0.05) is 23.2 Å². The van der Waals surface area contributed by atoms with Crippen LogP contribution in [0.5, 0.6) is 0 Å². The molecule has 0 aliphatic carbocycles. The Hall–Kier alpha value is -1.40. The fraction of sp³-hybridized carbons (Fsp3) is 0.300. The van der Waals surface area contributed by atoms with E-state index < -0.39 is 23.2 Å². The first-order valence-corrected chi connectivity index (χ1v) is 5.82. The quantitative estimate of drug-likeness (QED) is 0.478. The lowest BCUT2D eigenvalue weighted by Crippen LogP contribution is -2.15. The van der Waals surface area contributed by atoms with Crippen molar-refractivity contribution in [1.82, 2.24) is 0 Å². The number of hydrogen-bond acceptors (Lipinski definition) is 5. The molecule has 1 rings (SSSR count). The molecule has 0 aliphatic heterocycles. The van der Waals surface area contributed by atoms with Crippen molar-refractivity contribution in [3.63, 3.8) is 0 Å². The number of ether oxygens (including phenoxy) is 1. The Kier molecular flexibility index (Phi) is 4.45. The lowest BCUT2D eigenvalue weighted by atomic mass is 10.1. The van der Waals surface area contributed by atoms with Crippen molar-refractivity contribution in [2.24, 2.45) is 0 Å². The van der Waals surface area contributed by atoms with Gasteiger partial charge in [0.05, 0.1) is 5.75 Å². The Morgan fingerprint density at radius 1 is 1.50 bits per heavy atom. The van der Waals surface area contributed by atoms with Crippen LogP contribution in [0.2, 0.25) is 0 Å². The van der Waals surface area contributed by atoms with Gasteiger partial charge >= 0.3 is 5.97 Å². The first-order valence-electron chi connectivity index (χ1n) is 4.57. The van der Waals surface area contributed by atoms with Crippen molar-refractivity contribution >= 4 is 22.7 Å². The summed E-state index contributed by atoms with van der Waals surface area (Å²) in [6.07, 6.45) is -0.781. The smallest absolute Gasteiger partial charge is 0.303 e. The maximum atomic E-state index is 10.8. The second-order valence-electron chi connectivity index (χ2n) is 3.24. The zero-order valence-electron chi connectivity index (χ0n) is 8.71. The fourth-order valence-corrected chi connectivity index (χ4v) is 1.74. The van der Waals surface area contributed by atoms with Crippen LogP contribution in [0.4, 0.5) is 5.69 Å². The van der Waals surface area contributed by atoms with Crippen molar-refractivity contribution in [1.29, 1.82) is 0 Å². The van der Waals surface area contributed by atoms with Crippen molar-refractivity contribution in [2.45, 2.75) is 13.0 Å². The molecule has 0 saturated carbocycles. The summed E-state index contributed by atoms with van der Waals surface area (Å²) in [4.78, 5) is 10.8. The molecule has 0 radical (unpaired) electrons. The van der Waals surface area contributed by atoms with Crippen LogP contribution in [0.3, 0.4) is 0 Å². The first-order chi connectivity index (χ1) is 7.49. The number of hydrogen-bond donors (Lipinski definition) is 1. The zero-order chi connectivity index (χ0) is 12.1. The molecule has 2 atom stereocenters. The van der Waals surface area contributed by atoms with E-state index in [4.69, 9.17) is 10.5 Å². The first kappa shape index (κ1) is 12.7. The average Bonchev–Trinajstić information content (AvgIpc) is 2.16. The Bertz CT molecular complexity index is 374. The average molecular weight is 242 g/mol. The van der Waals surface area contributed by atoms with E-state index in [9.17, 15) is 13.6 Å². The molecule has 1 aromatic rings. The van der Waals surface area contributed by atoms with E-state index in [1.807, 2.05) is 0 Å². The molecule has 2 N–H and O–H groups in total. The molecular weight excluding hydrogens is 230 g/mol. The lowest BCUT2D eigenvalue weighted by molar-refractivity contribution is -0.145. The van der Waals surface area contributed by atoms with Gasteiger partial charge < -0.3 is 15.0 Å². The highest BCUT2D eigenvalue weighted by atomic mass is 32.2. The van der Waals surface area contributed by atoms with Gasteiger partial charge in [0.25, 0.3) is 0 Å². The van der Waals surface area contributed by atoms with Crippen LogP contribution in [0.1, 0.15) is 18.6 Å². The lowest BCUT2D eigenvalue weighted by Gasteiger charge is -2.18. The van der Waals surface area contributed by atoms with Crippen LogP contribution < -0.4 is 5.73 Å². The summed E-state index contributed by atoms with van der Waals surface area (Å²) >= 11 is -2.28. The highest BCUT2D eigenvalue weighted by Gasteiger charge is 2.14. The van der Waals surface area contributed by atoms with Gasteiger partial charge in [-0.05, 0) is 17.7 Å². The summed E-state index contributed by atoms with van der Waals surface area (Å²) in [5.41, 5.74) is 6.67. The summed E-state index contributed by atoms with van der Waals surface area (Å²) in [7, 11) is 0. The Morgan fingerprint density at radius 2 is 2.06 bits per heavy atom. The zero-order valence-corrected chi connectivity index (χ0v) is 9.53. The molecule has 0 amide bonds. The minimum atomic E-state index is -2.28. The number of esters is 1. The van der Waals surface area contributed by atoms with E-state index >= 15 is 0 Å². The molecule has 16 heavy (non-hydrogen) atoms. The van der Waals surface area contributed by atoms with Crippen LogP contribution in [0.25, 0.3) is 0 Å². The third-order valence-corrected chi connectivity index (χ3v) is 2.48. The van der Waals surface area contributed by atoms with Crippen LogP contribution in [-0.4, -0.2) is 20.5 Å². The third kappa shape index (κ3) is 4.00. The Balaban J connectivity index is 2.86. The third-order valence-electron chi connectivity index (χ3n) is 1.90. The van der Waals surface area contributed by atoms with Crippen LogP contribution in [0, 0.1) is 0 Å². The number of carbonyl (C=O) groups excluding carboxylic acids is 1. The van der Waals surface area contributed by atoms with E-state index in [0.717, 1.165) is 0 Å². The normalized spacial score (nSPS) is 14.1. The number of nitrogens with two attached hydrogens (primary N) is 1. The molecule has 0 aromatic heterocycles. The number of benzene rings is 1. The second kappa shape index (κ2) is 5.62. The summed E-state index contributed by atoms with van der Waals surface area (Å²) in [5.74, 6) is -0.781. The number of nitrogen functional groups attached to an aromatic ring is 1. The molecular formula is C10H12NO4S-. The topological polar surface area (TPSA) is 92.5 Å². The molecule has 0 aliphatic rings. The van der Waals surface area contributed by atoms with Gasteiger partial charge in [-0.2, -0.15) is 0 Å². The molecule has 88 valence electrons. The van der Waals surface area contributed by atoms with Crippen LogP contribution in [-0.2, 0) is 20.6 Å². The van der Waals surface area contributed by atoms with Crippen LogP contribution >= 0.6 is 0 Å². The summed E-state index contributed by atoms with van der Waals surface area (Å²) < 4.78 is 26.1. The summed E-state index contributed by atoms with van der Waals surface area (Å²) in [6, 6.07) is 6.52. The van der Waals surface area contributed by atoms with Gasteiger partial charge in [-0.15, -0.1) is 0 Å². The molecule has 0 fully saturated rings. The van der Waals surface area contributed by atoms with Gasteiger partial charge in [-0.25, -0.2) is 0 Å². The largest absolute Gasteiger partial charge is 0.772 e. The number of rotatable bonds is 4. The minimum Gasteiger partial charge on any atom is -0.772 e. The monoisotopic (exact) mass is 242 g/mol. The van der Waals surface area contributed by atoms with E-state index in [-0.39, 0.29) is 5.75 Å². The van der Waals surface area contributed by atoms with Crippen LogP contribution in [0.15, 0.2) is 24.3 Å². The van der Waals surface area contributed by atoms with Gasteiger partial charge in [-0.3, -0.25) is 9.00 Å². The summed E-state index contributed by atoms with van der Waals surface area (Å²) in [5, 5.41) is 0. The maximum Gasteiger partial charge on any atom is 0.303 e. The highest BCUT2D eigenvalue weighted by molar-refractivity contribution is 7.79. The molecule has 0 bridgehead atoms. The number of carbonyl (C=O) groups is 1. The van der Waals surface area contributed by atoms with Crippen molar-refractivity contribution in [3.05, 3.63) is 29.8 Å². The van der Waals surface area contributed by atoms with Gasteiger partial charge in [0.2, 0.25) is 0 Å². The molecule has 2 unspecified atom stereocenters. The minimum absolute atomic E-state index is 0.260. The molecule has 1 aromatic carbocycles. The molecule has 6 heteroatoms. The van der Waals surface area contributed by atoms with Crippen molar-refractivity contribution in [2.75, 3.05) is 11.5 Å². The predicted octanol–water partition coefficient (Wildman–Crippen LogP) is 0.752. The van der Waals surface area contributed by atoms with E-state index in [2.05, 4.69) is 0 Å². The fourth-order valence-electron chi connectivity index (χ4n) is 1.23. The maximum absolute atomic E-state index is 10.8. The Morgan fingerprint density at radius 3 is 2.50 bits per heavy atom. The molecule has 0 saturated heterocycles. The number of anilines is 1. The SMILES string of the molecule is CC(=O)OC(CS(=O)[O-])c1ccc(N)cc1. The van der Waals surface area contributed by atoms with Gasteiger partial charge in [0, 0.05) is 12.6 Å². The van der Waals surface area contributed by atoms with Crippen molar-refractivity contribution in [3.8, 4) is 0 Å². The predicted molar refractivity (Wildman–Crippen MR) is 59.1 cm³/mol. The molecule has 0 spiro atoms. The molecule has 5 nitrogen and oxygen atoms in total. The highest BCUT2D eigenvalue weighted by Crippen LogP contribution is 2.19. The van der Waals surface area contributed by atoms with Gasteiger partial charge in [0.15, 0.2) is 0 Å². The standard InChI is InChI=1S/C10H13NO4S/c1-7(12)15-10(6-16(13)14)8-2-4-9(11)5-3-8/h2-5,10H,6,11H2,1H3,(H,13,14)/p-1. The van der Waals surface area contributed by atoms with Crippen molar-refractivity contribution < 1.29 is 18.3 Å².